The van der Waals surface area contributed by atoms with E-state index in [9.17, 15) is 9.59 Å². The summed E-state index contributed by atoms with van der Waals surface area (Å²) in [4.78, 5) is 24.1. The number of carbonyl (C=O) groups is 2. The number of hydrogen-bond acceptors (Lipinski definition) is 2. The lowest BCUT2D eigenvalue weighted by molar-refractivity contribution is -0.128. The zero-order chi connectivity index (χ0) is 13.7. The fourth-order valence-electron chi connectivity index (χ4n) is 1.37. The minimum atomic E-state index is -0.235. The van der Waals surface area contributed by atoms with Crippen molar-refractivity contribution in [2.45, 2.75) is 25.2 Å². The van der Waals surface area contributed by atoms with Gasteiger partial charge in [-0.15, -0.1) is 0 Å². The van der Waals surface area contributed by atoms with Gasteiger partial charge in [0.15, 0.2) is 0 Å². The Balaban J connectivity index is 2.73. The van der Waals surface area contributed by atoms with Crippen molar-refractivity contribution in [3.05, 3.63) is 29.8 Å². The lowest BCUT2D eigenvalue weighted by atomic mass is 10.2. The Bertz CT molecular complexity index is 446. The van der Waals surface area contributed by atoms with Crippen LogP contribution in [0.2, 0.25) is 0 Å². The average molecular weight is 313 g/mol. The van der Waals surface area contributed by atoms with Crippen LogP contribution >= 0.6 is 15.9 Å². The number of halogens is 1. The summed E-state index contributed by atoms with van der Waals surface area (Å²) < 4.78 is 0. The molecule has 0 aliphatic heterocycles. The van der Waals surface area contributed by atoms with E-state index in [0.717, 1.165) is 11.3 Å². The van der Waals surface area contributed by atoms with Gasteiger partial charge in [-0.1, -0.05) is 28.1 Å². The number of nitrogens with zero attached hydrogens (tertiary/aromatic N) is 1. The maximum Gasteiger partial charge on any atom is 0.237 e. The molecule has 1 aromatic carbocycles. The number of nitrogens with one attached hydrogen (secondary N) is 1. The first kappa shape index (κ1) is 14.7. The van der Waals surface area contributed by atoms with E-state index < -0.39 is 0 Å². The van der Waals surface area contributed by atoms with Gasteiger partial charge in [-0.25, -0.2) is 0 Å². The first-order valence-corrected chi connectivity index (χ1v) is 6.57. The highest BCUT2D eigenvalue weighted by Crippen LogP contribution is 2.13. The quantitative estimate of drug-likeness (QED) is 0.868. The van der Waals surface area contributed by atoms with Crippen molar-refractivity contribution in [2.75, 3.05) is 12.4 Å². The van der Waals surface area contributed by atoms with Gasteiger partial charge in [-0.2, -0.15) is 0 Å². The molecule has 0 fully saturated rings. The van der Waals surface area contributed by atoms with E-state index in [2.05, 4.69) is 21.2 Å². The maximum atomic E-state index is 11.5. The van der Waals surface area contributed by atoms with E-state index in [0.29, 0.717) is 6.54 Å². The molecule has 1 rings (SSSR count). The molecule has 4 nitrogen and oxygen atoms in total. The minimum Gasteiger partial charge on any atom is -0.342 e. The van der Waals surface area contributed by atoms with E-state index in [1.165, 1.54) is 6.92 Å². The monoisotopic (exact) mass is 312 g/mol. The van der Waals surface area contributed by atoms with Gasteiger partial charge in [0.1, 0.15) is 0 Å². The third kappa shape index (κ3) is 4.49. The van der Waals surface area contributed by atoms with Gasteiger partial charge >= 0.3 is 0 Å². The highest BCUT2D eigenvalue weighted by Gasteiger charge is 2.09. The summed E-state index contributed by atoms with van der Waals surface area (Å²) in [5.74, 6) is -0.0782. The molecule has 0 aliphatic rings. The Morgan fingerprint density at radius 3 is 2.67 bits per heavy atom. The molecular weight excluding hydrogens is 296 g/mol. The molecular formula is C13H17BrN2O2. The molecule has 18 heavy (non-hydrogen) atoms. The number of alkyl halides is 1. The Hall–Kier alpha value is -1.36. The normalized spacial score (nSPS) is 11.8. The largest absolute Gasteiger partial charge is 0.342 e. The fraction of sp³-hybridized carbons (Fsp3) is 0.385. The standard InChI is InChI=1S/C13H17BrN2O2/c1-9(14)13(18)15-12-6-4-5-11(7-12)8-16(3)10(2)17/h4-7,9H,8H2,1-3H3,(H,15,18). The predicted octanol–water partition coefficient (Wildman–Crippen LogP) is 2.39. The summed E-state index contributed by atoms with van der Waals surface area (Å²) >= 11 is 3.21. The van der Waals surface area contributed by atoms with E-state index in [1.807, 2.05) is 24.3 Å². The molecule has 0 heterocycles. The topological polar surface area (TPSA) is 49.4 Å². The van der Waals surface area contributed by atoms with Crippen molar-refractivity contribution in [3.8, 4) is 0 Å². The zero-order valence-corrected chi connectivity index (χ0v) is 12.3. The van der Waals surface area contributed by atoms with Gasteiger partial charge in [0.25, 0.3) is 0 Å². The van der Waals surface area contributed by atoms with Crippen LogP contribution in [0.4, 0.5) is 5.69 Å². The fourth-order valence-corrected chi connectivity index (χ4v) is 1.49. The van der Waals surface area contributed by atoms with Crippen LogP contribution in [0.25, 0.3) is 0 Å². The van der Waals surface area contributed by atoms with E-state index in [4.69, 9.17) is 0 Å². The predicted molar refractivity (Wildman–Crippen MR) is 75.6 cm³/mol. The van der Waals surface area contributed by atoms with Crippen molar-refractivity contribution >= 4 is 33.4 Å². The summed E-state index contributed by atoms with van der Waals surface area (Å²) in [6.07, 6.45) is 0. The Morgan fingerprint density at radius 2 is 2.11 bits per heavy atom. The van der Waals surface area contributed by atoms with Crippen LogP contribution in [0.1, 0.15) is 19.4 Å². The zero-order valence-electron chi connectivity index (χ0n) is 10.7. The minimum absolute atomic E-state index is 0.0125. The second kappa shape index (κ2) is 6.54. The molecule has 0 bridgehead atoms. The van der Waals surface area contributed by atoms with Gasteiger partial charge in [0, 0.05) is 26.2 Å². The number of amides is 2. The van der Waals surface area contributed by atoms with Crippen LogP contribution in [-0.2, 0) is 16.1 Å². The molecule has 0 spiro atoms. The molecule has 2 amide bonds. The molecule has 0 aliphatic carbocycles. The van der Waals surface area contributed by atoms with Crippen molar-refractivity contribution in [1.29, 1.82) is 0 Å². The van der Waals surface area contributed by atoms with Crippen LogP contribution in [0.5, 0.6) is 0 Å². The van der Waals surface area contributed by atoms with Crippen LogP contribution < -0.4 is 5.32 Å². The lowest BCUT2D eigenvalue weighted by Gasteiger charge is -2.15. The molecule has 0 aromatic heterocycles. The summed E-state index contributed by atoms with van der Waals surface area (Å²) in [5.41, 5.74) is 1.72. The smallest absolute Gasteiger partial charge is 0.237 e. The average Bonchev–Trinajstić information content (AvgIpc) is 2.29. The lowest BCUT2D eigenvalue weighted by Crippen LogP contribution is -2.23. The summed E-state index contributed by atoms with van der Waals surface area (Å²) in [6.45, 7) is 3.82. The summed E-state index contributed by atoms with van der Waals surface area (Å²) in [7, 11) is 1.74. The molecule has 5 heteroatoms. The first-order valence-electron chi connectivity index (χ1n) is 5.65. The summed E-state index contributed by atoms with van der Waals surface area (Å²) in [6, 6.07) is 7.47. The number of benzene rings is 1. The molecule has 1 unspecified atom stereocenters. The van der Waals surface area contributed by atoms with E-state index in [1.54, 1.807) is 18.9 Å². The molecule has 98 valence electrons. The second-order valence-electron chi connectivity index (χ2n) is 4.18. The van der Waals surface area contributed by atoms with Crippen molar-refractivity contribution < 1.29 is 9.59 Å². The third-order valence-electron chi connectivity index (χ3n) is 2.51. The van der Waals surface area contributed by atoms with Gasteiger partial charge in [0.2, 0.25) is 11.8 Å². The molecule has 1 atom stereocenters. The SMILES string of the molecule is CC(=O)N(C)Cc1cccc(NC(=O)C(C)Br)c1. The van der Waals surface area contributed by atoms with E-state index >= 15 is 0 Å². The summed E-state index contributed by atoms with van der Waals surface area (Å²) in [5, 5.41) is 2.79. The molecule has 0 radical (unpaired) electrons. The number of carbonyl (C=O) groups excluding carboxylic acids is 2. The molecule has 0 saturated carbocycles. The number of rotatable bonds is 4. The highest BCUT2D eigenvalue weighted by molar-refractivity contribution is 9.10. The van der Waals surface area contributed by atoms with Crippen LogP contribution in [0.3, 0.4) is 0 Å². The van der Waals surface area contributed by atoms with Gasteiger partial charge in [-0.05, 0) is 24.6 Å². The van der Waals surface area contributed by atoms with Crippen molar-refractivity contribution in [1.82, 2.24) is 4.90 Å². The maximum absolute atomic E-state index is 11.5. The van der Waals surface area contributed by atoms with Gasteiger partial charge in [0.05, 0.1) is 4.83 Å². The molecule has 1 N–H and O–H groups in total. The number of hydrogen-bond donors (Lipinski definition) is 1. The number of anilines is 1. The van der Waals surface area contributed by atoms with Crippen molar-refractivity contribution in [3.63, 3.8) is 0 Å². The highest BCUT2D eigenvalue weighted by atomic mass is 79.9. The second-order valence-corrected chi connectivity index (χ2v) is 5.55. The van der Waals surface area contributed by atoms with Crippen LogP contribution in [-0.4, -0.2) is 28.6 Å². The van der Waals surface area contributed by atoms with Gasteiger partial charge in [-0.3, -0.25) is 9.59 Å². The Morgan fingerprint density at radius 1 is 1.44 bits per heavy atom. The van der Waals surface area contributed by atoms with Crippen molar-refractivity contribution in [2.24, 2.45) is 0 Å². The molecule has 0 saturated heterocycles. The van der Waals surface area contributed by atoms with Crippen LogP contribution in [0, 0.1) is 0 Å². The Labute approximate surface area is 115 Å². The van der Waals surface area contributed by atoms with E-state index in [-0.39, 0.29) is 16.6 Å². The van der Waals surface area contributed by atoms with Gasteiger partial charge < -0.3 is 10.2 Å². The third-order valence-corrected chi connectivity index (χ3v) is 2.93. The molecule has 1 aromatic rings. The van der Waals surface area contributed by atoms with Crippen LogP contribution in [0.15, 0.2) is 24.3 Å². The first-order chi connectivity index (χ1) is 8.40. The Kier molecular flexibility index (Phi) is 5.34.